The first-order valence-corrected chi connectivity index (χ1v) is 13.0. The number of carbonyl (C=O) groups is 2. The zero-order valence-electron chi connectivity index (χ0n) is 20.0. The van der Waals surface area contributed by atoms with Gasteiger partial charge in [-0.05, 0) is 61.9 Å². The monoisotopic (exact) mass is 511 g/mol. The number of hydrogen-bond acceptors (Lipinski definition) is 7. The number of methoxy groups -OCH3 is 1. The maximum absolute atomic E-state index is 12.9. The summed E-state index contributed by atoms with van der Waals surface area (Å²) >= 11 is 6.55. The van der Waals surface area contributed by atoms with Crippen molar-refractivity contribution in [2.45, 2.75) is 51.7 Å². The van der Waals surface area contributed by atoms with E-state index >= 15 is 0 Å². The predicted octanol–water partition coefficient (Wildman–Crippen LogP) is 5.66. The molecule has 184 valence electrons. The van der Waals surface area contributed by atoms with E-state index in [9.17, 15) is 9.59 Å². The Morgan fingerprint density at radius 1 is 1.11 bits per heavy atom. The molecule has 2 aliphatic rings. The van der Waals surface area contributed by atoms with Crippen LogP contribution in [-0.2, 0) is 20.9 Å². The average molecular weight is 512 g/mol. The minimum atomic E-state index is -0.411. The van der Waals surface area contributed by atoms with Gasteiger partial charge in [-0.2, -0.15) is 0 Å². The first-order valence-electron chi connectivity index (χ1n) is 11.7. The van der Waals surface area contributed by atoms with Crippen LogP contribution < -0.4 is 9.47 Å². The number of rotatable bonds is 8. The molecule has 0 spiro atoms. The molecule has 2 aromatic rings. The van der Waals surface area contributed by atoms with Gasteiger partial charge < -0.3 is 14.2 Å². The lowest BCUT2D eigenvalue weighted by molar-refractivity contribution is -0.152. The quantitative estimate of drug-likeness (QED) is 0.257. The number of hydrogen-bond donors (Lipinski definition) is 0. The highest BCUT2D eigenvalue weighted by Crippen LogP contribution is 2.35. The molecule has 0 N–H and O–H groups in total. The van der Waals surface area contributed by atoms with Crippen molar-refractivity contribution >= 4 is 46.3 Å². The molecule has 35 heavy (non-hydrogen) atoms. The highest BCUT2D eigenvalue weighted by molar-refractivity contribution is 8.26. The van der Waals surface area contributed by atoms with Gasteiger partial charge in [-0.1, -0.05) is 66.3 Å². The Balaban J connectivity index is 1.39. The van der Waals surface area contributed by atoms with Crippen LogP contribution in [0, 0.1) is 6.92 Å². The van der Waals surface area contributed by atoms with Crippen molar-refractivity contribution in [1.82, 2.24) is 4.90 Å². The Kier molecular flexibility index (Phi) is 8.46. The smallest absolute Gasteiger partial charge is 0.326 e. The van der Waals surface area contributed by atoms with Crippen LogP contribution in [-0.4, -0.2) is 40.9 Å². The van der Waals surface area contributed by atoms with Crippen molar-refractivity contribution in [3.63, 3.8) is 0 Å². The van der Waals surface area contributed by atoms with Crippen LogP contribution in [0.3, 0.4) is 0 Å². The summed E-state index contributed by atoms with van der Waals surface area (Å²) in [6.45, 7) is 2.31. The number of aryl methyl sites for hydroxylation is 1. The van der Waals surface area contributed by atoms with Crippen molar-refractivity contribution in [2.24, 2.45) is 0 Å². The molecule has 0 radical (unpaired) electrons. The molecule has 2 aromatic carbocycles. The van der Waals surface area contributed by atoms with Gasteiger partial charge >= 0.3 is 5.97 Å². The van der Waals surface area contributed by atoms with Crippen molar-refractivity contribution in [3.8, 4) is 11.5 Å². The normalized spacial score (nSPS) is 17.7. The zero-order valence-corrected chi connectivity index (χ0v) is 21.6. The van der Waals surface area contributed by atoms with Gasteiger partial charge in [0.05, 0.1) is 12.0 Å². The minimum absolute atomic E-state index is 0.0515. The number of thiocarbonyl (C=S) groups is 1. The number of amides is 1. The summed E-state index contributed by atoms with van der Waals surface area (Å²) in [4.78, 5) is 27.1. The van der Waals surface area contributed by atoms with Gasteiger partial charge in [0.1, 0.15) is 23.6 Å². The molecule has 1 aliphatic carbocycles. The maximum atomic E-state index is 12.9. The lowest BCUT2D eigenvalue weighted by Crippen LogP contribution is -2.36. The molecule has 0 bridgehead atoms. The van der Waals surface area contributed by atoms with E-state index in [4.69, 9.17) is 26.4 Å². The van der Waals surface area contributed by atoms with Crippen LogP contribution in [0.25, 0.3) is 6.08 Å². The molecule has 0 unspecified atom stereocenters. The Hall–Kier alpha value is -2.84. The summed E-state index contributed by atoms with van der Waals surface area (Å²) < 4.78 is 17.4. The van der Waals surface area contributed by atoms with Crippen molar-refractivity contribution in [3.05, 3.63) is 64.1 Å². The summed E-state index contributed by atoms with van der Waals surface area (Å²) in [6, 6.07) is 13.6. The van der Waals surface area contributed by atoms with E-state index in [1.165, 1.54) is 28.6 Å². The van der Waals surface area contributed by atoms with Gasteiger partial charge in [0.25, 0.3) is 5.91 Å². The van der Waals surface area contributed by atoms with Gasteiger partial charge in [0.2, 0.25) is 0 Å². The van der Waals surface area contributed by atoms with E-state index in [1.807, 2.05) is 49.4 Å². The van der Waals surface area contributed by atoms with Crippen LogP contribution >= 0.6 is 24.0 Å². The molecule has 1 aliphatic heterocycles. The molecule has 6 nitrogen and oxygen atoms in total. The molecule has 0 aromatic heterocycles. The Labute approximate surface area is 215 Å². The van der Waals surface area contributed by atoms with E-state index in [-0.39, 0.29) is 18.6 Å². The second kappa shape index (κ2) is 11.7. The number of carbonyl (C=O) groups excluding carboxylic acids is 2. The molecule has 0 atom stereocenters. The van der Waals surface area contributed by atoms with E-state index < -0.39 is 5.97 Å². The SMILES string of the molecule is COc1cc(/C=C2\SC(=S)N(CC(=O)OC3CCCCC3)C2=O)ccc1OCc1ccc(C)cc1. The Morgan fingerprint density at radius 2 is 1.86 bits per heavy atom. The average Bonchev–Trinajstić information content (AvgIpc) is 3.12. The molecule has 4 rings (SSSR count). The summed E-state index contributed by atoms with van der Waals surface area (Å²) in [6.07, 6.45) is 6.79. The highest BCUT2D eigenvalue weighted by atomic mass is 32.2. The summed E-state index contributed by atoms with van der Waals surface area (Å²) in [5, 5.41) is 0. The van der Waals surface area contributed by atoms with E-state index in [0.717, 1.165) is 36.8 Å². The van der Waals surface area contributed by atoms with Gasteiger partial charge in [0.15, 0.2) is 11.5 Å². The molecule has 1 saturated carbocycles. The molecular formula is C27H29NO5S2. The number of benzene rings is 2. The number of thioether (sulfide) groups is 1. The topological polar surface area (TPSA) is 65.1 Å². The molecule has 8 heteroatoms. The highest BCUT2D eigenvalue weighted by Gasteiger charge is 2.34. The third-order valence-electron chi connectivity index (χ3n) is 6.01. The fourth-order valence-electron chi connectivity index (χ4n) is 4.06. The van der Waals surface area contributed by atoms with Crippen molar-refractivity contribution < 1.29 is 23.8 Å². The van der Waals surface area contributed by atoms with Crippen LogP contribution in [0.4, 0.5) is 0 Å². The summed E-state index contributed by atoms with van der Waals surface area (Å²) in [7, 11) is 1.58. The van der Waals surface area contributed by atoms with E-state index in [1.54, 1.807) is 13.2 Å². The molecule has 2 fully saturated rings. The van der Waals surface area contributed by atoms with Crippen molar-refractivity contribution in [1.29, 1.82) is 0 Å². The minimum Gasteiger partial charge on any atom is -0.493 e. The van der Waals surface area contributed by atoms with Gasteiger partial charge in [-0.15, -0.1) is 0 Å². The lowest BCUT2D eigenvalue weighted by atomic mass is 9.98. The van der Waals surface area contributed by atoms with Crippen LogP contribution in [0.5, 0.6) is 11.5 Å². The van der Waals surface area contributed by atoms with E-state index in [0.29, 0.717) is 27.3 Å². The zero-order chi connectivity index (χ0) is 24.8. The first kappa shape index (κ1) is 25.3. The van der Waals surface area contributed by atoms with Gasteiger partial charge in [-0.25, -0.2) is 0 Å². The Morgan fingerprint density at radius 3 is 2.57 bits per heavy atom. The second-order valence-corrected chi connectivity index (χ2v) is 10.4. The predicted molar refractivity (Wildman–Crippen MR) is 141 cm³/mol. The van der Waals surface area contributed by atoms with Crippen LogP contribution in [0.2, 0.25) is 0 Å². The fraction of sp³-hybridized carbons (Fsp3) is 0.370. The lowest BCUT2D eigenvalue weighted by Gasteiger charge is -2.23. The number of nitrogens with zero attached hydrogens (tertiary/aromatic N) is 1. The molecule has 1 heterocycles. The van der Waals surface area contributed by atoms with Crippen LogP contribution in [0.1, 0.15) is 48.8 Å². The third-order valence-corrected chi connectivity index (χ3v) is 7.39. The standard InChI is InChI=1S/C27H29NO5S2/c1-18-8-10-19(11-9-18)17-32-22-13-12-20(14-23(22)31-2)15-24-26(30)28(27(34)35-24)16-25(29)33-21-6-4-3-5-7-21/h8-15,21H,3-7,16-17H2,1-2H3/b24-15-. The largest absolute Gasteiger partial charge is 0.493 e. The Bertz CT molecular complexity index is 1120. The van der Waals surface area contributed by atoms with Crippen molar-refractivity contribution in [2.75, 3.05) is 13.7 Å². The van der Waals surface area contributed by atoms with Gasteiger partial charge in [0, 0.05) is 0 Å². The number of esters is 1. The number of ether oxygens (including phenoxy) is 3. The van der Waals surface area contributed by atoms with Gasteiger partial charge in [-0.3, -0.25) is 14.5 Å². The second-order valence-electron chi connectivity index (χ2n) is 8.70. The maximum Gasteiger partial charge on any atom is 0.326 e. The summed E-state index contributed by atoms with van der Waals surface area (Å²) in [5.41, 5.74) is 3.03. The molecule has 1 amide bonds. The fourth-order valence-corrected chi connectivity index (χ4v) is 5.32. The molecular weight excluding hydrogens is 482 g/mol. The molecule has 1 saturated heterocycles. The van der Waals surface area contributed by atoms with E-state index in [2.05, 4.69) is 0 Å². The third kappa shape index (κ3) is 6.64. The van der Waals surface area contributed by atoms with Crippen LogP contribution in [0.15, 0.2) is 47.4 Å². The first-order chi connectivity index (χ1) is 16.9. The summed E-state index contributed by atoms with van der Waals surface area (Å²) in [5.74, 6) is 0.478.